The first kappa shape index (κ1) is 33.0. The molecule has 8 nitrogen and oxygen atoms in total. The topological polar surface area (TPSA) is 112 Å². The van der Waals surface area contributed by atoms with Gasteiger partial charge in [0, 0.05) is 55.1 Å². The number of piperidine rings is 1. The number of likely N-dealkylation sites (tertiary alicyclic amines) is 1. The van der Waals surface area contributed by atoms with Crippen LogP contribution in [0.5, 0.6) is 0 Å². The number of halogens is 1. The van der Waals surface area contributed by atoms with Crippen molar-refractivity contribution >= 4 is 40.3 Å². The van der Waals surface area contributed by atoms with Crippen LogP contribution in [0, 0.1) is 0 Å². The summed E-state index contributed by atoms with van der Waals surface area (Å²) in [5, 5.41) is 13.7. The number of nitrogens with zero attached hydrogens (tertiary/aromatic N) is 1. The van der Waals surface area contributed by atoms with Crippen molar-refractivity contribution in [2.45, 2.75) is 95.5 Å². The third-order valence-corrected chi connectivity index (χ3v) is 9.75. The maximum absolute atomic E-state index is 12.3. The number of rotatable bonds is 16. The molecule has 2 fully saturated rings. The number of aromatic carboxylic acids is 1. The van der Waals surface area contributed by atoms with E-state index in [0.29, 0.717) is 47.8 Å². The van der Waals surface area contributed by atoms with Gasteiger partial charge in [-0.2, -0.15) is 0 Å². The van der Waals surface area contributed by atoms with Gasteiger partial charge in [0.05, 0.1) is 22.8 Å². The fraction of sp³-hybridized carbons (Fsp3) is 0.528. The molecule has 2 aliphatic rings. The van der Waals surface area contributed by atoms with E-state index < -0.39 is 5.97 Å². The number of hydrogen-bond donors (Lipinski definition) is 3. The minimum absolute atomic E-state index is 0.0695. The molecule has 1 saturated heterocycles. The summed E-state index contributed by atoms with van der Waals surface area (Å²) in [7, 11) is 0. The Morgan fingerprint density at radius 3 is 2.27 bits per heavy atom. The molecule has 45 heavy (non-hydrogen) atoms. The molecule has 242 valence electrons. The number of fused-ring (bicyclic) bond motifs is 1. The van der Waals surface area contributed by atoms with Gasteiger partial charge in [-0.1, -0.05) is 61.5 Å². The minimum Gasteiger partial charge on any atom is -0.478 e. The zero-order chi connectivity index (χ0) is 31.6. The number of unbranched alkanes of at least 4 members (excludes halogenated alkanes) is 5. The molecule has 1 aromatic heterocycles. The van der Waals surface area contributed by atoms with Gasteiger partial charge in [-0.05, 0) is 74.6 Å². The molecule has 0 unspecified atom stereocenters. The van der Waals surface area contributed by atoms with Crippen LogP contribution in [0.25, 0.3) is 22.0 Å². The Hall–Kier alpha value is -3.36. The summed E-state index contributed by atoms with van der Waals surface area (Å²) in [6, 6.07) is 11.7. The molecule has 1 aliphatic carbocycles. The quantitative estimate of drug-likeness (QED) is 0.139. The second kappa shape index (κ2) is 15.8. The highest BCUT2D eigenvalue weighted by atomic mass is 35.5. The Morgan fingerprint density at radius 2 is 1.60 bits per heavy atom. The molecular weight excluding hydrogens is 590 g/mol. The number of H-pyrrole nitrogens is 1. The Kier molecular flexibility index (Phi) is 11.6. The largest absolute Gasteiger partial charge is 0.478 e. The number of aromatic amines is 1. The number of carboxylic acids is 1. The molecule has 0 spiro atoms. The van der Waals surface area contributed by atoms with Crippen molar-refractivity contribution in [1.29, 1.82) is 0 Å². The van der Waals surface area contributed by atoms with Gasteiger partial charge >= 0.3 is 5.97 Å². The number of carbonyl (C=O) groups is 3. The van der Waals surface area contributed by atoms with Crippen LogP contribution < -0.4 is 5.32 Å². The van der Waals surface area contributed by atoms with E-state index in [1.54, 1.807) is 6.07 Å². The number of carbonyl (C=O) groups excluding carboxylic acids is 2. The summed E-state index contributed by atoms with van der Waals surface area (Å²) in [4.78, 5) is 41.2. The molecule has 9 heteroatoms. The maximum Gasteiger partial charge on any atom is 0.337 e. The van der Waals surface area contributed by atoms with Crippen LogP contribution >= 0.6 is 11.6 Å². The van der Waals surface area contributed by atoms with E-state index in [2.05, 4.69) is 22.4 Å². The maximum atomic E-state index is 12.3. The summed E-state index contributed by atoms with van der Waals surface area (Å²) in [5.74, 6) is -0.590. The highest BCUT2D eigenvalue weighted by molar-refractivity contribution is 6.34. The number of ether oxygens (including phenoxy) is 1. The van der Waals surface area contributed by atoms with Crippen LogP contribution in [-0.4, -0.2) is 59.0 Å². The molecule has 5 rings (SSSR count). The summed E-state index contributed by atoms with van der Waals surface area (Å²) >= 11 is 6.56. The molecule has 3 aromatic rings. The minimum atomic E-state index is -0.981. The average Bonchev–Trinajstić information content (AvgIpc) is 3.44. The molecule has 0 atom stereocenters. The number of carboxylic acid groups (broad SMARTS) is 1. The van der Waals surface area contributed by atoms with Crippen LogP contribution in [0.1, 0.15) is 106 Å². The molecule has 2 amide bonds. The standard InChI is InChI=1S/C36H46ClN3O5/c37-31-24-32-29(30(25-39-32)35(43)44)23-28(31)26-13-15-27(16-14-26)36(17-10-18-36)45-22-19-38-33(41)11-6-3-1-2-4-7-12-34(42)40-20-8-5-9-21-40/h13-16,23-25,39H,1-12,17-22H2,(H,38,41)(H,43,44). The van der Waals surface area contributed by atoms with Crippen molar-refractivity contribution in [3.63, 3.8) is 0 Å². The van der Waals surface area contributed by atoms with Gasteiger partial charge in [0.1, 0.15) is 0 Å². The van der Waals surface area contributed by atoms with E-state index in [1.807, 2.05) is 23.1 Å². The van der Waals surface area contributed by atoms with E-state index in [1.165, 1.54) is 12.6 Å². The molecule has 2 aromatic carbocycles. The smallest absolute Gasteiger partial charge is 0.337 e. The van der Waals surface area contributed by atoms with E-state index in [4.69, 9.17) is 16.3 Å². The Balaban J connectivity index is 0.988. The zero-order valence-electron chi connectivity index (χ0n) is 26.2. The van der Waals surface area contributed by atoms with E-state index >= 15 is 0 Å². The van der Waals surface area contributed by atoms with E-state index in [9.17, 15) is 19.5 Å². The fourth-order valence-electron chi connectivity index (χ4n) is 6.60. The number of hydrogen-bond acceptors (Lipinski definition) is 4. The number of aromatic nitrogens is 1. The van der Waals surface area contributed by atoms with Gasteiger partial charge < -0.3 is 25.0 Å². The Labute approximate surface area is 270 Å². The van der Waals surface area contributed by atoms with Crippen molar-refractivity contribution in [2.24, 2.45) is 0 Å². The average molecular weight is 636 g/mol. The molecule has 1 saturated carbocycles. The lowest BCUT2D eigenvalue weighted by atomic mass is 9.74. The van der Waals surface area contributed by atoms with Crippen LogP contribution in [0.2, 0.25) is 5.02 Å². The van der Waals surface area contributed by atoms with E-state index in [-0.39, 0.29) is 17.1 Å². The van der Waals surface area contributed by atoms with Gasteiger partial charge in [-0.25, -0.2) is 4.79 Å². The molecule has 1 aliphatic heterocycles. The third kappa shape index (κ3) is 8.47. The molecule has 0 radical (unpaired) electrons. The second-order valence-corrected chi connectivity index (χ2v) is 13.0. The highest BCUT2D eigenvalue weighted by Gasteiger charge is 2.39. The Morgan fingerprint density at radius 1 is 0.911 bits per heavy atom. The number of benzene rings is 2. The summed E-state index contributed by atoms with van der Waals surface area (Å²) in [5.41, 5.74) is 3.36. The molecule has 0 bridgehead atoms. The predicted octanol–water partition coefficient (Wildman–Crippen LogP) is 7.83. The lowest BCUT2D eigenvalue weighted by molar-refractivity contribution is -0.132. The Bertz CT molecular complexity index is 1460. The van der Waals surface area contributed by atoms with Crippen LogP contribution in [0.4, 0.5) is 0 Å². The second-order valence-electron chi connectivity index (χ2n) is 12.6. The van der Waals surface area contributed by atoms with Crippen molar-refractivity contribution in [3.05, 3.63) is 58.7 Å². The summed E-state index contributed by atoms with van der Waals surface area (Å²) in [6.45, 7) is 2.82. The highest BCUT2D eigenvalue weighted by Crippen LogP contribution is 2.45. The monoisotopic (exact) mass is 635 g/mol. The molecule has 2 heterocycles. The predicted molar refractivity (Wildman–Crippen MR) is 178 cm³/mol. The molecular formula is C36H46ClN3O5. The van der Waals surface area contributed by atoms with Gasteiger partial charge in [-0.15, -0.1) is 0 Å². The SMILES string of the molecule is O=C(CCCCCCCCC(=O)N1CCCCC1)NCCOC1(c2ccc(-c3cc4c(C(=O)O)c[nH]c4cc3Cl)cc2)CCC1. The van der Waals surface area contributed by atoms with Gasteiger partial charge in [0.25, 0.3) is 0 Å². The first-order chi connectivity index (χ1) is 21.9. The van der Waals surface area contributed by atoms with Gasteiger partial charge in [0.15, 0.2) is 0 Å². The van der Waals surface area contributed by atoms with E-state index in [0.717, 1.165) is 100 Å². The van der Waals surface area contributed by atoms with Crippen LogP contribution in [-0.2, 0) is 19.9 Å². The summed E-state index contributed by atoms with van der Waals surface area (Å²) in [6.07, 6.45) is 15.4. The normalized spacial score (nSPS) is 16.0. The lowest BCUT2D eigenvalue weighted by Gasteiger charge is -2.42. The molecule has 3 N–H and O–H groups in total. The third-order valence-electron chi connectivity index (χ3n) is 9.44. The first-order valence-corrected chi connectivity index (χ1v) is 17.1. The summed E-state index contributed by atoms with van der Waals surface area (Å²) < 4.78 is 6.36. The van der Waals surface area contributed by atoms with Gasteiger partial charge in [0.2, 0.25) is 11.8 Å². The van der Waals surface area contributed by atoms with Crippen molar-refractivity contribution in [3.8, 4) is 11.1 Å². The van der Waals surface area contributed by atoms with Crippen LogP contribution in [0.15, 0.2) is 42.6 Å². The van der Waals surface area contributed by atoms with Crippen molar-refractivity contribution in [2.75, 3.05) is 26.2 Å². The zero-order valence-corrected chi connectivity index (χ0v) is 26.9. The van der Waals surface area contributed by atoms with Gasteiger partial charge in [-0.3, -0.25) is 9.59 Å². The van der Waals surface area contributed by atoms with Crippen LogP contribution in [0.3, 0.4) is 0 Å². The number of amides is 2. The first-order valence-electron chi connectivity index (χ1n) is 16.7. The van der Waals surface area contributed by atoms with Crippen molar-refractivity contribution in [1.82, 2.24) is 15.2 Å². The fourth-order valence-corrected chi connectivity index (χ4v) is 6.88. The lowest BCUT2D eigenvalue weighted by Crippen LogP contribution is -2.39. The van der Waals surface area contributed by atoms with Crippen molar-refractivity contribution < 1.29 is 24.2 Å². The number of nitrogens with one attached hydrogen (secondary N) is 2.